The summed E-state index contributed by atoms with van der Waals surface area (Å²) in [7, 11) is 0. The van der Waals surface area contributed by atoms with Gasteiger partial charge in [-0.05, 0) is 56.0 Å². The first-order valence-corrected chi connectivity index (χ1v) is 12.1. The topological polar surface area (TPSA) is 117 Å². The first-order valence-electron chi connectivity index (χ1n) is 11.3. The van der Waals surface area contributed by atoms with Gasteiger partial charge in [0.25, 0.3) is 0 Å². The second-order valence-electron chi connectivity index (χ2n) is 8.84. The fourth-order valence-corrected chi connectivity index (χ4v) is 4.75. The summed E-state index contributed by atoms with van der Waals surface area (Å²) in [6.07, 6.45) is 5.65. The van der Waals surface area contributed by atoms with E-state index in [1.165, 1.54) is 0 Å². The predicted octanol–water partition coefficient (Wildman–Crippen LogP) is 3.84. The molecule has 178 valence electrons. The summed E-state index contributed by atoms with van der Waals surface area (Å²) in [6.45, 7) is 5.53. The number of benzene rings is 1. The molecule has 0 spiro atoms. The molecular weight excluding hydrogens is 448 g/mol. The number of nitrogens with two attached hydrogens (primary N) is 2. The van der Waals surface area contributed by atoms with Crippen LogP contribution in [0.1, 0.15) is 54.3 Å². The fourth-order valence-electron chi connectivity index (χ4n) is 3.68. The lowest BCUT2D eigenvalue weighted by Crippen LogP contribution is -2.14. The van der Waals surface area contributed by atoms with E-state index in [9.17, 15) is 5.11 Å². The van der Waals surface area contributed by atoms with E-state index in [1.807, 2.05) is 30.5 Å². The van der Waals surface area contributed by atoms with E-state index in [2.05, 4.69) is 21.8 Å². The average molecular weight is 479 g/mol. The number of aromatic nitrogens is 2. The summed E-state index contributed by atoms with van der Waals surface area (Å²) < 4.78 is 11.5. The van der Waals surface area contributed by atoms with Crippen molar-refractivity contribution in [3.63, 3.8) is 0 Å². The highest BCUT2D eigenvalue weighted by Gasteiger charge is 2.20. The molecule has 0 saturated carbocycles. The van der Waals surface area contributed by atoms with Crippen LogP contribution in [-0.2, 0) is 17.9 Å². The van der Waals surface area contributed by atoms with E-state index in [0.29, 0.717) is 24.0 Å². The van der Waals surface area contributed by atoms with E-state index in [1.54, 1.807) is 31.4 Å². The highest BCUT2D eigenvalue weighted by atomic mass is 32.1. The molecule has 34 heavy (non-hydrogen) atoms. The Hall–Kier alpha value is -2.96. The Morgan fingerprint density at radius 1 is 1.18 bits per heavy atom. The summed E-state index contributed by atoms with van der Waals surface area (Å²) in [5.41, 5.74) is 14.5. The maximum absolute atomic E-state index is 9.88. The van der Waals surface area contributed by atoms with Gasteiger partial charge in [0.15, 0.2) is 11.6 Å². The minimum atomic E-state index is -1.06. The number of aliphatic hydroxyl groups is 1. The van der Waals surface area contributed by atoms with Crippen LogP contribution in [-0.4, -0.2) is 33.9 Å². The van der Waals surface area contributed by atoms with Crippen LogP contribution in [0.25, 0.3) is 10.4 Å². The molecule has 7 nitrogen and oxygen atoms in total. The maximum atomic E-state index is 9.88. The van der Waals surface area contributed by atoms with Gasteiger partial charge in [-0.15, -0.1) is 11.3 Å². The molecule has 1 fully saturated rings. The summed E-state index contributed by atoms with van der Waals surface area (Å²) >= 11 is 1.68. The predicted molar refractivity (Wildman–Crippen MR) is 134 cm³/mol. The Kier molecular flexibility index (Phi) is 7.49. The van der Waals surface area contributed by atoms with Crippen LogP contribution in [0.2, 0.25) is 0 Å². The van der Waals surface area contributed by atoms with Gasteiger partial charge in [-0.25, -0.2) is 9.97 Å². The van der Waals surface area contributed by atoms with Crippen molar-refractivity contribution in [1.29, 1.82) is 0 Å². The Morgan fingerprint density at radius 2 is 1.97 bits per heavy atom. The van der Waals surface area contributed by atoms with Crippen LogP contribution >= 0.6 is 11.3 Å². The molecule has 0 unspecified atom stereocenters. The lowest BCUT2D eigenvalue weighted by molar-refractivity contribution is 0.0853. The molecule has 0 amide bonds. The van der Waals surface area contributed by atoms with Gasteiger partial charge in [0.2, 0.25) is 0 Å². The highest BCUT2D eigenvalue weighted by Crippen LogP contribution is 2.36. The second-order valence-corrected chi connectivity index (χ2v) is 9.90. The average Bonchev–Trinajstić information content (AvgIpc) is 3.33. The van der Waals surface area contributed by atoms with Crippen molar-refractivity contribution < 1.29 is 14.6 Å². The third kappa shape index (κ3) is 6.13. The normalized spacial score (nSPS) is 14.5. The molecule has 3 heterocycles. The molecule has 3 aromatic rings. The maximum Gasteiger partial charge on any atom is 0.166 e. The van der Waals surface area contributed by atoms with Crippen molar-refractivity contribution in [3.8, 4) is 28.0 Å². The van der Waals surface area contributed by atoms with Crippen LogP contribution in [0, 0.1) is 11.8 Å². The lowest BCUT2D eigenvalue weighted by Gasteiger charge is -2.19. The number of hydrogen-bond acceptors (Lipinski definition) is 8. The molecule has 0 atom stereocenters. The van der Waals surface area contributed by atoms with Gasteiger partial charge < -0.3 is 26.0 Å². The molecule has 1 aliphatic heterocycles. The summed E-state index contributed by atoms with van der Waals surface area (Å²) in [4.78, 5) is 10.0. The van der Waals surface area contributed by atoms with Gasteiger partial charge in [0.1, 0.15) is 12.2 Å². The van der Waals surface area contributed by atoms with Gasteiger partial charge in [0.05, 0.1) is 9.88 Å². The third-order valence-corrected chi connectivity index (χ3v) is 6.79. The van der Waals surface area contributed by atoms with Crippen LogP contribution < -0.4 is 16.2 Å². The second kappa shape index (κ2) is 10.5. The zero-order chi connectivity index (χ0) is 24.1. The van der Waals surface area contributed by atoms with Crippen molar-refractivity contribution in [2.45, 2.75) is 51.4 Å². The van der Waals surface area contributed by atoms with Crippen LogP contribution in [0.4, 0.5) is 5.82 Å². The molecule has 2 aromatic heterocycles. The number of hydrogen-bond donors (Lipinski definition) is 3. The zero-order valence-corrected chi connectivity index (χ0v) is 20.3. The smallest absolute Gasteiger partial charge is 0.166 e. The quantitative estimate of drug-likeness (QED) is 0.461. The van der Waals surface area contributed by atoms with Gasteiger partial charge in [-0.3, -0.25) is 0 Å². The fraction of sp³-hybridized carbons (Fsp3) is 0.385. The monoisotopic (exact) mass is 478 g/mol. The minimum absolute atomic E-state index is 0.274. The Morgan fingerprint density at radius 3 is 2.71 bits per heavy atom. The number of thiazole rings is 1. The van der Waals surface area contributed by atoms with Crippen molar-refractivity contribution in [3.05, 3.63) is 58.4 Å². The van der Waals surface area contributed by atoms with Gasteiger partial charge >= 0.3 is 0 Å². The standard InChI is InChI=1S/C26H30N4O3S/c1-26(2,31)8-5-17-3-4-19(13-27)21(11-17)16-33-22-12-20(14-29-24(22)28)23-15-30-25(34-23)18-6-9-32-10-7-18/h3-4,11-12,14-15,18,31H,6-7,9-10,13,16,27H2,1-2H3,(H2,28,29). The van der Waals surface area contributed by atoms with Gasteiger partial charge in [0, 0.05) is 49.2 Å². The molecular formula is C26H30N4O3S. The van der Waals surface area contributed by atoms with Crippen molar-refractivity contribution >= 4 is 17.2 Å². The summed E-state index contributed by atoms with van der Waals surface area (Å²) in [5.74, 6) is 7.11. The first-order chi connectivity index (χ1) is 16.3. The Bertz CT molecular complexity index is 1200. The largest absolute Gasteiger partial charge is 0.485 e. The molecule has 4 rings (SSSR count). The van der Waals surface area contributed by atoms with Crippen LogP contribution in [0.3, 0.4) is 0 Å². The molecule has 8 heteroatoms. The van der Waals surface area contributed by atoms with E-state index in [0.717, 1.165) is 58.2 Å². The number of anilines is 1. The number of rotatable bonds is 6. The highest BCUT2D eigenvalue weighted by molar-refractivity contribution is 7.15. The Labute approximate surface area is 204 Å². The van der Waals surface area contributed by atoms with Crippen LogP contribution in [0.15, 0.2) is 36.7 Å². The minimum Gasteiger partial charge on any atom is -0.485 e. The molecule has 1 aromatic carbocycles. The van der Waals surface area contributed by atoms with E-state index < -0.39 is 5.60 Å². The summed E-state index contributed by atoms with van der Waals surface area (Å²) in [5, 5.41) is 11.0. The summed E-state index contributed by atoms with van der Waals surface area (Å²) in [6, 6.07) is 7.66. The molecule has 0 radical (unpaired) electrons. The number of pyridine rings is 1. The Balaban J connectivity index is 1.52. The third-order valence-electron chi connectivity index (χ3n) is 5.58. The van der Waals surface area contributed by atoms with Crippen molar-refractivity contribution in [2.24, 2.45) is 5.73 Å². The lowest BCUT2D eigenvalue weighted by atomic mass is 10.0. The van der Waals surface area contributed by atoms with Crippen molar-refractivity contribution in [1.82, 2.24) is 9.97 Å². The van der Waals surface area contributed by atoms with Gasteiger partial charge in [-0.1, -0.05) is 17.9 Å². The van der Waals surface area contributed by atoms with E-state index >= 15 is 0 Å². The number of nitrogen functional groups attached to an aromatic ring is 1. The van der Waals surface area contributed by atoms with Crippen molar-refractivity contribution in [2.75, 3.05) is 18.9 Å². The zero-order valence-electron chi connectivity index (χ0n) is 19.5. The van der Waals surface area contributed by atoms with Gasteiger partial charge in [-0.2, -0.15) is 0 Å². The molecule has 0 aliphatic carbocycles. The molecule has 0 bridgehead atoms. The number of nitrogens with zero attached hydrogens (tertiary/aromatic N) is 2. The SMILES string of the molecule is CC(C)(O)C#Cc1ccc(CN)c(COc2cc(-c3cnc(C4CCOCC4)s3)cnc2N)c1. The van der Waals surface area contributed by atoms with Crippen LogP contribution in [0.5, 0.6) is 5.75 Å². The van der Waals surface area contributed by atoms with E-state index in [4.69, 9.17) is 20.9 Å². The first kappa shape index (κ1) is 24.2. The molecule has 1 saturated heterocycles. The number of ether oxygens (including phenoxy) is 2. The molecule has 1 aliphatic rings. The van der Waals surface area contributed by atoms with E-state index in [-0.39, 0.29) is 6.61 Å². The molecule has 5 N–H and O–H groups in total.